The van der Waals surface area contributed by atoms with Crippen LogP contribution in [-0.2, 0) is 13.5 Å². The molecule has 0 bridgehead atoms. The highest BCUT2D eigenvalue weighted by molar-refractivity contribution is 5.48. The van der Waals surface area contributed by atoms with Crippen molar-refractivity contribution in [3.63, 3.8) is 0 Å². The Kier molecular flexibility index (Phi) is 6.41. The van der Waals surface area contributed by atoms with E-state index in [4.69, 9.17) is 5.26 Å². The number of nitrogens with zero attached hydrogens (tertiary/aromatic N) is 10. The van der Waals surface area contributed by atoms with Crippen LogP contribution in [-0.4, -0.2) is 63.8 Å². The molecule has 1 aliphatic rings. The van der Waals surface area contributed by atoms with Gasteiger partial charge in [0.25, 0.3) is 0 Å². The maximum atomic E-state index is 14.6. The smallest absolute Gasteiger partial charge is 0.335 e. The van der Waals surface area contributed by atoms with Gasteiger partial charge in [0.1, 0.15) is 5.65 Å². The van der Waals surface area contributed by atoms with E-state index in [0.717, 1.165) is 18.5 Å². The quantitative estimate of drug-likeness (QED) is 0.392. The first-order chi connectivity index (χ1) is 17.8. The van der Waals surface area contributed by atoms with E-state index >= 15 is 0 Å². The van der Waals surface area contributed by atoms with Crippen molar-refractivity contribution in [3.8, 4) is 6.07 Å². The third-order valence-corrected chi connectivity index (χ3v) is 7.49. The van der Waals surface area contributed by atoms with E-state index in [2.05, 4.69) is 56.8 Å². The predicted molar refractivity (Wildman–Crippen MR) is 136 cm³/mol. The van der Waals surface area contributed by atoms with E-state index < -0.39 is 5.82 Å². The molecular weight excluding hydrogens is 475 g/mol. The largest absolute Gasteiger partial charge is 0.352 e. The van der Waals surface area contributed by atoms with Gasteiger partial charge in [-0.25, -0.2) is 18.7 Å². The van der Waals surface area contributed by atoms with Crippen LogP contribution in [0.15, 0.2) is 23.1 Å². The summed E-state index contributed by atoms with van der Waals surface area (Å²) < 4.78 is 19.2. The van der Waals surface area contributed by atoms with Gasteiger partial charge in [0, 0.05) is 50.5 Å². The number of hydrogen-bond acceptors (Lipinski definition) is 8. The summed E-state index contributed by atoms with van der Waals surface area (Å²) in [6, 6.07) is 5.95. The first-order valence-corrected chi connectivity index (χ1v) is 12.6. The normalized spacial score (nSPS) is 19.5. The molecule has 0 aliphatic carbocycles. The maximum Gasteiger partial charge on any atom is 0.352 e. The number of piperazine rings is 1. The van der Waals surface area contributed by atoms with Crippen LogP contribution >= 0.6 is 0 Å². The molecule has 3 atom stereocenters. The van der Waals surface area contributed by atoms with Gasteiger partial charge >= 0.3 is 5.69 Å². The summed E-state index contributed by atoms with van der Waals surface area (Å²) in [7, 11) is 1.66. The van der Waals surface area contributed by atoms with Crippen molar-refractivity contribution >= 4 is 17.2 Å². The zero-order valence-corrected chi connectivity index (χ0v) is 21.8. The summed E-state index contributed by atoms with van der Waals surface area (Å²) >= 11 is 0. The number of halogens is 1. The van der Waals surface area contributed by atoms with Crippen LogP contribution in [0.5, 0.6) is 0 Å². The van der Waals surface area contributed by atoms with Crippen LogP contribution in [0, 0.1) is 24.1 Å². The van der Waals surface area contributed by atoms with Gasteiger partial charge in [-0.15, -0.1) is 0 Å². The van der Waals surface area contributed by atoms with E-state index in [1.165, 1.54) is 9.08 Å². The molecule has 1 aliphatic heterocycles. The summed E-state index contributed by atoms with van der Waals surface area (Å²) in [5.74, 6) is 0.101. The molecule has 4 aromatic heterocycles. The highest BCUT2D eigenvalue weighted by Crippen LogP contribution is 2.31. The molecular formula is C25H31FN10O. The van der Waals surface area contributed by atoms with Crippen molar-refractivity contribution in [1.82, 2.24) is 38.7 Å². The SMILES string of the molecule is CC[C@H]1CN([C@H](C)c2ccn3nc(C)c(F)c3n2)[C@H](CC)CN1c1nc(=O)n(C)c2cc(CC#N)nn12. The minimum absolute atomic E-state index is 0.0516. The molecule has 4 aromatic rings. The van der Waals surface area contributed by atoms with E-state index in [0.29, 0.717) is 36.1 Å². The van der Waals surface area contributed by atoms with Gasteiger partial charge in [0.15, 0.2) is 11.5 Å². The molecule has 0 aromatic carbocycles. The highest BCUT2D eigenvalue weighted by atomic mass is 19.1. The van der Waals surface area contributed by atoms with Gasteiger partial charge in [-0.3, -0.25) is 9.47 Å². The van der Waals surface area contributed by atoms with Crippen molar-refractivity contribution in [2.45, 2.75) is 65.1 Å². The van der Waals surface area contributed by atoms with Crippen LogP contribution < -0.4 is 10.6 Å². The lowest BCUT2D eigenvalue weighted by atomic mass is 9.99. The number of nitriles is 1. The Balaban J connectivity index is 1.51. The van der Waals surface area contributed by atoms with Gasteiger partial charge in [0.05, 0.1) is 29.6 Å². The standard InChI is InChI=1S/C25H31FN10O/c1-6-18-14-34(24-29-25(37)32(5)21-12-17(8-10-27)31-36(21)24)19(7-2)13-33(18)16(4)20-9-11-35-23(28-20)22(26)15(3)30-35/h9,11-12,16,18-19H,6-8,13-14H2,1-5H3/t16-,18-,19+/m1/s1. The summed E-state index contributed by atoms with van der Waals surface area (Å²) in [5.41, 5.74) is 2.19. The Hall–Kier alpha value is -3.85. The van der Waals surface area contributed by atoms with Gasteiger partial charge in [-0.1, -0.05) is 13.8 Å². The lowest BCUT2D eigenvalue weighted by Crippen LogP contribution is -2.59. The minimum Gasteiger partial charge on any atom is -0.335 e. The number of rotatable bonds is 6. The zero-order valence-electron chi connectivity index (χ0n) is 21.8. The van der Waals surface area contributed by atoms with E-state index in [1.807, 2.05) is 6.07 Å². The number of aryl methyl sites for hydroxylation is 2. The monoisotopic (exact) mass is 506 g/mol. The predicted octanol–water partition coefficient (Wildman–Crippen LogP) is 2.42. The molecule has 5 rings (SSSR count). The summed E-state index contributed by atoms with van der Waals surface area (Å²) in [6.07, 6.45) is 3.61. The number of anilines is 1. The Morgan fingerprint density at radius 1 is 1.19 bits per heavy atom. The Bertz CT molecular complexity index is 1560. The lowest BCUT2D eigenvalue weighted by molar-refractivity contribution is 0.0979. The second-order valence-electron chi connectivity index (χ2n) is 9.66. The molecule has 37 heavy (non-hydrogen) atoms. The van der Waals surface area contributed by atoms with Crippen LogP contribution in [0.3, 0.4) is 0 Å². The van der Waals surface area contributed by atoms with E-state index in [-0.39, 0.29) is 35.9 Å². The van der Waals surface area contributed by atoms with Crippen LogP contribution in [0.4, 0.5) is 10.3 Å². The fourth-order valence-electron chi connectivity index (χ4n) is 5.30. The lowest BCUT2D eigenvalue weighted by Gasteiger charge is -2.48. The molecule has 0 saturated carbocycles. The average Bonchev–Trinajstić information content (AvgIpc) is 3.45. The average molecular weight is 507 g/mol. The topological polar surface area (TPSA) is 113 Å². The summed E-state index contributed by atoms with van der Waals surface area (Å²) in [6.45, 7) is 9.35. The van der Waals surface area contributed by atoms with Crippen molar-refractivity contribution in [2.75, 3.05) is 18.0 Å². The molecule has 0 N–H and O–H groups in total. The van der Waals surface area contributed by atoms with Crippen LogP contribution in [0.1, 0.15) is 56.7 Å². The zero-order chi connectivity index (χ0) is 26.4. The molecule has 11 nitrogen and oxygen atoms in total. The summed E-state index contributed by atoms with van der Waals surface area (Å²) in [4.78, 5) is 26.4. The maximum absolute atomic E-state index is 14.6. The van der Waals surface area contributed by atoms with Crippen molar-refractivity contribution < 1.29 is 4.39 Å². The van der Waals surface area contributed by atoms with Gasteiger partial charge in [-0.2, -0.15) is 25.0 Å². The molecule has 12 heteroatoms. The van der Waals surface area contributed by atoms with Crippen LogP contribution in [0.2, 0.25) is 0 Å². The van der Waals surface area contributed by atoms with Crippen molar-refractivity contribution in [1.29, 1.82) is 5.26 Å². The van der Waals surface area contributed by atoms with Gasteiger partial charge < -0.3 is 4.90 Å². The third-order valence-electron chi connectivity index (χ3n) is 7.49. The van der Waals surface area contributed by atoms with E-state index in [1.54, 1.807) is 30.8 Å². The van der Waals surface area contributed by atoms with Crippen molar-refractivity contribution in [3.05, 3.63) is 51.7 Å². The molecule has 0 unspecified atom stereocenters. The fraction of sp³-hybridized carbons (Fsp3) is 0.520. The molecule has 0 radical (unpaired) electrons. The first kappa shape index (κ1) is 24.8. The first-order valence-electron chi connectivity index (χ1n) is 12.6. The second kappa shape index (κ2) is 9.55. The Labute approximate surface area is 213 Å². The molecule has 0 spiro atoms. The molecule has 1 fully saturated rings. The minimum atomic E-state index is -0.395. The van der Waals surface area contributed by atoms with E-state index in [9.17, 15) is 9.18 Å². The molecule has 0 amide bonds. The fourth-order valence-corrected chi connectivity index (χ4v) is 5.30. The highest BCUT2D eigenvalue weighted by Gasteiger charge is 2.37. The number of aromatic nitrogens is 7. The van der Waals surface area contributed by atoms with Crippen LogP contribution in [0.25, 0.3) is 11.3 Å². The second-order valence-corrected chi connectivity index (χ2v) is 9.66. The van der Waals surface area contributed by atoms with Gasteiger partial charge in [0.2, 0.25) is 5.95 Å². The van der Waals surface area contributed by atoms with Gasteiger partial charge in [-0.05, 0) is 32.8 Å². The number of fused-ring (bicyclic) bond motifs is 2. The molecule has 194 valence electrons. The van der Waals surface area contributed by atoms with Crippen molar-refractivity contribution in [2.24, 2.45) is 7.05 Å². The molecule has 5 heterocycles. The summed E-state index contributed by atoms with van der Waals surface area (Å²) in [5, 5.41) is 17.9. The Morgan fingerprint density at radius 3 is 2.65 bits per heavy atom. The third kappa shape index (κ3) is 4.13. The number of hydrogen-bond donors (Lipinski definition) is 0. The Morgan fingerprint density at radius 2 is 1.95 bits per heavy atom. The molecule has 1 saturated heterocycles.